The minimum atomic E-state index is -4.97. The highest BCUT2D eigenvalue weighted by atomic mass is 31.1. The number of alkyl halides is 3. The Balaban J connectivity index is 3.37. The summed E-state index contributed by atoms with van der Waals surface area (Å²) in [5.74, 6) is 0. The molecule has 0 bridgehead atoms. The molecular weight excluding hydrogens is 258 g/mol. The van der Waals surface area contributed by atoms with E-state index in [-0.39, 0.29) is 5.56 Å². The maximum atomic E-state index is 12.9. The first-order valence-corrected chi connectivity index (χ1v) is 5.23. The van der Waals surface area contributed by atoms with Crippen LogP contribution in [0.15, 0.2) is 30.3 Å². The molecule has 1 atom stereocenters. The second-order valence-corrected chi connectivity index (χ2v) is 4.25. The summed E-state index contributed by atoms with van der Waals surface area (Å²) in [5.41, 5.74) is -0.388. The molecule has 0 heterocycles. The summed E-state index contributed by atoms with van der Waals surface area (Å²) in [6, 6.07) is 6.23. The molecule has 17 heavy (non-hydrogen) atoms. The number of hydrogen-bond donors (Lipinski definition) is 0. The Morgan fingerprint density at radius 1 is 1.24 bits per heavy atom. The van der Waals surface area contributed by atoms with E-state index in [1.165, 1.54) is 18.2 Å². The van der Waals surface area contributed by atoms with Gasteiger partial charge < -0.3 is 0 Å². The second-order valence-electron chi connectivity index (χ2n) is 3.31. The monoisotopic (exact) mass is 265 g/mol. The van der Waals surface area contributed by atoms with E-state index < -0.39 is 31.3 Å². The van der Waals surface area contributed by atoms with Gasteiger partial charge in [-0.3, -0.25) is 14.7 Å². The molecule has 1 aromatic rings. The zero-order valence-electron chi connectivity index (χ0n) is 8.35. The molecule has 8 heteroatoms. The van der Waals surface area contributed by atoms with Crippen molar-refractivity contribution in [3.8, 4) is 0 Å². The summed E-state index contributed by atoms with van der Waals surface area (Å²) >= 11 is 0. The molecule has 0 aliphatic carbocycles. The lowest BCUT2D eigenvalue weighted by Crippen LogP contribution is -2.43. The number of halogens is 3. The predicted octanol–water partition coefficient (Wildman–Crippen LogP) is 3.01. The average molecular weight is 265 g/mol. The Kier molecular flexibility index (Phi) is 3.83. The van der Waals surface area contributed by atoms with Crippen LogP contribution >= 0.6 is 8.46 Å². The fourth-order valence-electron chi connectivity index (χ4n) is 1.38. The first-order chi connectivity index (χ1) is 7.83. The summed E-state index contributed by atoms with van der Waals surface area (Å²) in [6.45, 7) is -1.47. The molecular formula is C9H7F3NO3P. The van der Waals surface area contributed by atoms with E-state index in [1.807, 2.05) is 0 Å². The van der Waals surface area contributed by atoms with Crippen molar-refractivity contribution in [2.45, 2.75) is 11.3 Å². The molecule has 0 spiro atoms. The van der Waals surface area contributed by atoms with Gasteiger partial charge in [0.1, 0.15) is 0 Å². The van der Waals surface area contributed by atoms with Gasteiger partial charge in [-0.15, -0.1) is 0 Å². The van der Waals surface area contributed by atoms with Crippen molar-refractivity contribution in [3.63, 3.8) is 0 Å². The van der Waals surface area contributed by atoms with E-state index in [1.54, 1.807) is 0 Å². The van der Waals surface area contributed by atoms with Crippen LogP contribution in [0.25, 0.3) is 0 Å². The molecule has 0 amide bonds. The van der Waals surface area contributed by atoms with E-state index in [4.69, 9.17) is 0 Å². The molecule has 1 rings (SSSR count). The third-order valence-corrected chi connectivity index (χ3v) is 3.20. The van der Waals surface area contributed by atoms with Crippen LogP contribution in [-0.4, -0.2) is 17.6 Å². The molecule has 0 aliphatic heterocycles. The smallest absolute Gasteiger partial charge is 0.273 e. The largest absolute Gasteiger partial charge is 0.415 e. The van der Waals surface area contributed by atoms with Crippen molar-refractivity contribution >= 4 is 8.46 Å². The van der Waals surface area contributed by atoms with Crippen LogP contribution in [0.2, 0.25) is 0 Å². The maximum absolute atomic E-state index is 12.9. The number of rotatable bonds is 4. The van der Waals surface area contributed by atoms with Crippen LogP contribution in [0.4, 0.5) is 13.2 Å². The second kappa shape index (κ2) is 4.79. The van der Waals surface area contributed by atoms with Gasteiger partial charge >= 0.3 is 6.18 Å². The van der Waals surface area contributed by atoms with Gasteiger partial charge in [0.15, 0.2) is 8.46 Å². The minimum Gasteiger partial charge on any atom is -0.273 e. The van der Waals surface area contributed by atoms with Crippen molar-refractivity contribution in [1.29, 1.82) is 0 Å². The molecule has 92 valence electrons. The van der Waals surface area contributed by atoms with Gasteiger partial charge in [0.25, 0.3) is 0 Å². The molecule has 0 saturated carbocycles. The standard InChI is InChI=1S/C9H7F3NO3P/c10-9(11,12)8(17-16,6-13(14)15)7-4-2-1-3-5-7/h1-5H,6H2. The third-order valence-electron chi connectivity index (χ3n) is 2.23. The van der Waals surface area contributed by atoms with Crippen molar-refractivity contribution < 1.29 is 22.7 Å². The summed E-state index contributed by atoms with van der Waals surface area (Å²) in [5, 5.41) is 7.37. The zero-order valence-corrected chi connectivity index (χ0v) is 9.24. The number of nitrogens with zero attached hydrogens (tertiary/aromatic N) is 1. The molecule has 1 aromatic carbocycles. The van der Waals surface area contributed by atoms with Crippen molar-refractivity contribution in [2.75, 3.05) is 6.54 Å². The van der Waals surface area contributed by atoms with Crippen LogP contribution in [0.3, 0.4) is 0 Å². The Morgan fingerprint density at radius 2 is 1.76 bits per heavy atom. The summed E-state index contributed by atoms with van der Waals surface area (Å²) in [6.07, 6.45) is -4.97. The lowest BCUT2D eigenvalue weighted by atomic mass is 9.97. The zero-order chi connectivity index (χ0) is 13.1. The molecule has 0 radical (unpaired) electrons. The Labute approximate surface area is 95.8 Å². The fourth-order valence-corrected chi connectivity index (χ4v) is 1.91. The lowest BCUT2D eigenvalue weighted by molar-refractivity contribution is -0.494. The highest BCUT2D eigenvalue weighted by Gasteiger charge is 2.61. The third kappa shape index (κ3) is 2.61. The summed E-state index contributed by atoms with van der Waals surface area (Å²) in [7, 11) is -1.34. The molecule has 0 fully saturated rings. The van der Waals surface area contributed by atoms with Crippen molar-refractivity contribution in [2.24, 2.45) is 0 Å². The van der Waals surface area contributed by atoms with Crippen LogP contribution in [0.5, 0.6) is 0 Å². The topological polar surface area (TPSA) is 60.2 Å². The Hall–Kier alpha value is -1.49. The first kappa shape index (κ1) is 13.6. The van der Waals surface area contributed by atoms with Gasteiger partial charge in [0.2, 0.25) is 11.7 Å². The minimum absolute atomic E-state index is 0.388. The van der Waals surface area contributed by atoms with Crippen LogP contribution in [-0.2, 0) is 9.72 Å². The SMILES string of the molecule is O=PC(C[N+](=O)[O-])(c1ccccc1)C(F)(F)F. The molecule has 4 nitrogen and oxygen atoms in total. The first-order valence-electron chi connectivity index (χ1n) is 4.42. The van der Waals surface area contributed by atoms with Gasteiger partial charge in [0.05, 0.1) is 0 Å². The molecule has 0 aromatic heterocycles. The van der Waals surface area contributed by atoms with Gasteiger partial charge in [-0.05, 0) is 5.56 Å². The molecule has 0 N–H and O–H groups in total. The van der Waals surface area contributed by atoms with Crippen molar-refractivity contribution in [1.82, 2.24) is 0 Å². The summed E-state index contributed by atoms with van der Waals surface area (Å²) < 4.78 is 49.6. The van der Waals surface area contributed by atoms with Gasteiger partial charge in [-0.1, -0.05) is 30.3 Å². The molecule has 1 unspecified atom stereocenters. The molecule has 0 saturated heterocycles. The molecule has 0 aliphatic rings. The van der Waals surface area contributed by atoms with E-state index in [2.05, 4.69) is 0 Å². The van der Waals surface area contributed by atoms with Crippen LogP contribution in [0, 0.1) is 10.1 Å². The van der Waals surface area contributed by atoms with Crippen LogP contribution in [0.1, 0.15) is 5.56 Å². The van der Waals surface area contributed by atoms with E-state index in [0.29, 0.717) is 0 Å². The normalized spacial score (nSPS) is 15.5. The number of benzene rings is 1. The number of hydrogen-bond acceptors (Lipinski definition) is 3. The van der Waals surface area contributed by atoms with E-state index in [0.717, 1.165) is 12.1 Å². The Bertz CT molecular complexity index is 423. The fraction of sp³-hybridized carbons (Fsp3) is 0.333. The maximum Gasteiger partial charge on any atom is 0.415 e. The Morgan fingerprint density at radius 3 is 2.12 bits per heavy atom. The quantitative estimate of drug-likeness (QED) is 0.477. The van der Waals surface area contributed by atoms with Gasteiger partial charge in [-0.25, -0.2) is 0 Å². The summed E-state index contributed by atoms with van der Waals surface area (Å²) in [4.78, 5) is 9.24. The van der Waals surface area contributed by atoms with Crippen molar-refractivity contribution in [3.05, 3.63) is 46.0 Å². The van der Waals surface area contributed by atoms with Gasteiger partial charge in [-0.2, -0.15) is 13.2 Å². The van der Waals surface area contributed by atoms with Gasteiger partial charge in [0, 0.05) is 4.92 Å². The highest BCUT2D eigenvalue weighted by Crippen LogP contribution is 2.48. The van der Waals surface area contributed by atoms with E-state index in [9.17, 15) is 27.9 Å². The van der Waals surface area contributed by atoms with E-state index >= 15 is 0 Å². The van der Waals surface area contributed by atoms with Crippen LogP contribution < -0.4 is 0 Å². The predicted molar refractivity (Wildman–Crippen MR) is 53.6 cm³/mol. The highest BCUT2D eigenvalue weighted by molar-refractivity contribution is 7.25. The average Bonchev–Trinajstić information content (AvgIpc) is 2.25. The lowest BCUT2D eigenvalue weighted by Gasteiger charge is -2.25. The number of nitro groups is 1.